The van der Waals surface area contributed by atoms with Crippen molar-refractivity contribution in [2.75, 3.05) is 13.1 Å². The van der Waals surface area contributed by atoms with E-state index < -0.39 is 17.8 Å². The molecule has 6 nitrogen and oxygen atoms in total. The first-order valence-electron chi connectivity index (χ1n) is 4.98. The molecular weight excluding hydrogens is 307 g/mol. The maximum absolute atomic E-state index is 13.1. The number of azide groups is 1. The minimum atomic E-state index is -1.14. The van der Waals surface area contributed by atoms with Crippen molar-refractivity contribution in [2.24, 2.45) is 5.11 Å². The van der Waals surface area contributed by atoms with E-state index in [9.17, 15) is 9.18 Å². The summed E-state index contributed by atoms with van der Waals surface area (Å²) in [7, 11) is 0. The third-order valence-electron chi connectivity index (χ3n) is 2.14. The van der Waals surface area contributed by atoms with Crippen LogP contribution in [0.3, 0.4) is 0 Å². The molecule has 96 valence electrons. The van der Waals surface area contributed by atoms with Gasteiger partial charge in [-0.2, -0.15) is 0 Å². The van der Waals surface area contributed by atoms with Gasteiger partial charge >= 0.3 is 5.97 Å². The molecule has 0 aliphatic rings. The topological polar surface area (TPSA) is 98.1 Å². The maximum Gasteiger partial charge on any atom is 0.325 e. The number of halogens is 2. The van der Waals surface area contributed by atoms with Crippen LogP contribution in [0.5, 0.6) is 0 Å². The molecule has 18 heavy (non-hydrogen) atoms. The van der Waals surface area contributed by atoms with Gasteiger partial charge in [0.2, 0.25) is 0 Å². The van der Waals surface area contributed by atoms with Crippen LogP contribution in [-0.2, 0) is 4.79 Å². The molecule has 0 saturated heterocycles. The molecule has 8 heteroatoms. The van der Waals surface area contributed by atoms with E-state index in [4.69, 9.17) is 10.6 Å². The van der Waals surface area contributed by atoms with Gasteiger partial charge < -0.3 is 10.4 Å². The van der Waals surface area contributed by atoms with E-state index in [1.165, 1.54) is 12.1 Å². The van der Waals surface area contributed by atoms with Gasteiger partial charge in [0.15, 0.2) is 0 Å². The zero-order chi connectivity index (χ0) is 13.5. The fourth-order valence-corrected chi connectivity index (χ4v) is 1.85. The normalized spacial score (nSPS) is 11.7. The van der Waals surface area contributed by atoms with Crippen molar-refractivity contribution in [1.82, 2.24) is 5.32 Å². The number of hydrogen-bond donors (Lipinski definition) is 2. The third-order valence-corrected chi connectivity index (χ3v) is 2.86. The fourth-order valence-electron chi connectivity index (χ4n) is 1.37. The predicted octanol–water partition coefficient (Wildman–Crippen LogP) is 2.61. The fraction of sp³-hybridized carbons (Fsp3) is 0.300. The summed E-state index contributed by atoms with van der Waals surface area (Å²) in [5.74, 6) is -1.65. The summed E-state index contributed by atoms with van der Waals surface area (Å²) in [6.45, 7) is 0.303. The van der Waals surface area contributed by atoms with E-state index >= 15 is 0 Å². The van der Waals surface area contributed by atoms with Crippen LogP contribution in [-0.4, -0.2) is 24.2 Å². The molecule has 1 unspecified atom stereocenters. The summed E-state index contributed by atoms with van der Waals surface area (Å²) < 4.78 is 13.6. The van der Waals surface area contributed by atoms with Crippen LogP contribution < -0.4 is 5.32 Å². The third kappa shape index (κ3) is 3.99. The van der Waals surface area contributed by atoms with Crippen LogP contribution in [0, 0.1) is 5.82 Å². The molecule has 0 radical (unpaired) electrons. The molecule has 0 heterocycles. The van der Waals surface area contributed by atoms with Gasteiger partial charge in [0.1, 0.15) is 11.9 Å². The largest absolute Gasteiger partial charge is 0.480 e. The number of aliphatic carboxylic acids is 1. The highest BCUT2D eigenvalue weighted by atomic mass is 79.9. The lowest BCUT2D eigenvalue weighted by molar-refractivity contribution is -0.139. The lowest BCUT2D eigenvalue weighted by Crippen LogP contribution is -2.30. The lowest BCUT2D eigenvalue weighted by Gasteiger charge is -2.15. The Labute approximate surface area is 111 Å². The smallest absolute Gasteiger partial charge is 0.325 e. The lowest BCUT2D eigenvalue weighted by atomic mass is 10.1. The second-order valence-corrected chi connectivity index (χ2v) is 4.20. The van der Waals surface area contributed by atoms with Crippen molar-refractivity contribution in [1.29, 1.82) is 0 Å². The average Bonchev–Trinajstić information content (AvgIpc) is 2.32. The standard InChI is InChI=1S/C10H10BrFN4O2/c11-8-2-1-6(12)5-7(8)9(10(17)18)14-3-4-15-16-13/h1-2,5,9,14H,3-4H2,(H,17,18). The Morgan fingerprint density at radius 3 is 3.00 bits per heavy atom. The highest BCUT2D eigenvalue weighted by molar-refractivity contribution is 9.10. The van der Waals surface area contributed by atoms with Gasteiger partial charge in [-0.05, 0) is 29.3 Å². The van der Waals surface area contributed by atoms with E-state index in [1.807, 2.05) is 0 Å². The van der Waals surface area contributed by atoms with Gasteiger partial charge in [-0.1, -0.05) is 21.0 Å². The van der Waals surface area contributed by atoms with E-state index in [0.29, 0.717) is 4.47 Å². The SMILES string of the molecule is [N-]=[N+]=NCCNC(C(=O)O)c1cc(F)ccc1Br. The molecule has 0 aromatic heterocycles. The summed E-state index contributed by atoms with van der Waals surface area (Å²) >= 11 is 3.17. The molecule has 1 rings (SSSR count). The van der Waals surface area contributed by atoms with Crippen molar-refractivity contribution in [3.05, 3.63) is 44.5 Å². The van der Waals surface area contributed by atoms with Crippen LogP contribution in [0.15, 0.2) is 27.8 Å². The number of carboxylic acid groups (broad SMARTS) is 1. The Balaban J connectivity index is 2.87. The Bertz CT molecular complexity index is 491. The zero-order valence-electron chi connectivity index (χ0n) is 9.18. The number of rotatable bonds is 6. The minimum Gasteiger partial charge on any atom is -0.480 e. The first-order valence-corrected chi connectivity index (χ1v) is 5.77. The van der Waals surface area contributed by atoms with Crippen LogP contribution in [0.25, 0.3) is 10.4 Å². The highest BCUT2D eigenvalue weighted by Crippen LogP contribution is 2.24. The molecule has 1 atom stereocenters. The number of hydrogen-bond acceptors (Lipinski definition) is 3. The quantitative estimate of drug-likeness (QED) is 0.365. The monoisotopic (exact) mass is 316 g/mol. The van der Waals surface area contributed by atoms with E-state index in [2.05, 4.69) is 31.3 Å². The molecule has 0 bridgehead atoms. The van der Waals surface area contributed by atoms with Crippen LogP contribution in [0.1, 0.15) is 11.6 Å². The van der Waals surface area contributed by atoms with Crippen molar-refractivity contribution >= 4 is 21.9 Å². The van der Waals surface area contributed by atoms with Gasteiger partial charge in [-0.15, -0.1) is 0 Å². The Morgan fingerprint density at radius 1 is 1.67 bits per heavy atom. The van der Waals surface area contributed by atoms with Gasteiger partial charge in [0, 0.05) is 22.5 Å². The number of nitrogens with zero attached hydrogens (tertiary/aromatic N) is 3. The molecule has 0 fully saturated rings. The summed E-state index contributed by atoms with van der Waals surface area (Å²) in [6.07, 6.45) is 0. The Morgan fingerprint density at radius 2 is 2.39 bits per heavy atom. The van der Waals surface area contributed by atoms with Crippen LogP contribution in [0.2, 0.25) is 0 Å². The first-order chi connectivity index (χ1) is 8.56. The van der Waals surface area contributed by atoms with Crippen molar-refractivity contribution in [3.63, 3.8) is 0 Å². The molecule has 0 saturated carbocycles. The number of carboxylic acids is 1. The maximum atomic E-state index is 13.1. The van der Waals surface area contributed by atoms with E-state index in [0.717, 1.165) is 6.07 Å². The second kappa shape index (κ2) is 6.95. The molecule has 0 aliphatic carbocycles. The summed E-state index contributed by atoms with van der Waals surface area (Å²) in [6, 6.07) is 2.75. The van der Waals surface area contributed by atoms with Gasteiger partial charge in [0.25, 0.3) is 0 Å². The number of carbonyl (C=O) groups is 1. The Kier molecular flexibility index (Phi) is 5.57. The van der Waals surface area contributed by atoms with Crippen LogP contribution >= 0.6 is 15.9 Å². The molecule has 0 aliphatic heterocycles. The average molecular weight is 317 g/mol. The van der Waals surface area contributed by atoms with Gasteiger partial charge in [-0.3, -0.25) is 4.79 Å². The highest BCUT2D eigenvalue weighted by Gasteiger charge is 2.21. The Hall–Kier alpha value is -1.63. The van der Waals surface area contributed by atoms with Crippen molar-refractivity contribution in [3.8, 4) is 0 Å². The summed E-state index contributed by atoms with van der Waals surface area (Å²) in [4.78, 5) is 13.7. The van der Waals surface area contributed by atoms with Gasteiger partial charge in [0.05, 0.1) is 0 Å². The molecule has 0 spiro atoms. The summed E-state index contributed by atoms with van der Waals surface area (Å²) in [5, 5.41) is 15.0. The molecule has 1 aromatic rings. The predicted molar refractivity (Wildman–Crippen MR) is 66.5 cm³/mol. The van der Waals surface area contributed by atoms with Crippen molar-refractivity contribution in [2.45, 2.75) is 6.04 Å². The van der Waals surface area contributed by atoms with E-state index in [-0.39, 0.29) is 18.7 Å². The number of nitrogens with one attached hydrogen (secondary N) is 1. The minimum absolute atomic E-state index is 0.118. The number of benzene rings is 1. The van der Waals surface area contributed by atoms with Crippen molar-refractivity contribution < 1.29 is 14.3 Å². The molecule has 1 aromatic carbocycles. The summed E-state index contributed by atoms with van der Waals surface area (Å²) in [5.41, 5.74) is 8.38. The second-order valence-electron chi connectivity index (χ2n) is 3.35. The molecular formula is C10H10BrFN4O2. The first kappa shape index (κ1) is 14.4. The molecule has 2 N–H and O–H groups in total. The zero-order valence-corrected chi connectivity index (χ0v) is 10.8. The molecule has 0 amide bonds. The van der Waals surface area contributed by atoms with Crippen LogP contribution in [0.4, 0.5) is 4.39 Å². The van der Waals surface area contributed by atoms with Gasteiger partial charge in [-0.25, -0.2) is 4.39 Å². The van der Waals surface area contributed by atoms with E-state index in [1.54, 1.807) is 0 Å².